The molecule has 2 heterocycles. The van der Waals surface area contributed by atoms with Gasteiger partial charge in [0.1, 0.15) is 0 Å². The van der Waals surface area contributed by atoms with Gasteiger partial charge in [-0.3, -0.25) is 4.98 Å². The Bertz CT molecular complexity index is 534. The van der Waals surface area contributed by atoms with Gasteiger partial charge in [0.15, 0.2) is 5.88 Å². The lowest BCUT2D eigenvalue weighted by Crippen LogP contribution is -2.00. The third-order valence-electron chi connectivity index (χ3n) is 2.41. The summed E-state index contributed by atoms with van der Waals surface area (Å²) in [6.07, 6.45) is 3.50. The second-order valence-electron chi connectivity index (χ2n) is 3.62. The number of carboxylic acids is 1. The lowest BCUT2D eigenvalue weighted by molar-refractivity contribution is 0.0663. The van der Waals surface area contributed by atoms with Gasteiger partial charge in [-0.2, -0.15) is 0 Å². The van der Waals surface area contributed by atoms with Crippen LogP contribution in [-0.4, -0.2) is 16.1 Å². The molecule has 0 fully saturated rings. The van der Waals surface area contributed by atoms with E-state index in [1.165, 1.54) is 6.07 Å². The van der Waals surface area contributed by atoms with E-state index in [0.29, 0.717) is 12.4 Å². The fourth-order valence-electron chi connectivity index (χ4n) is 1.43. The third-order valence-corrected chi connectivity index (χ3v) is 2.41. The van der Waals surface area contributed by atoms with Gasteiger partial charge in [0.05, 0.1) is 0 Å². The van der Waals surface area contributed by atoms with Crippen molar-refractivity contribution in [3.63, 3.8) is 0 Å². The molecule has 0 saturated carbocycles. The summed E-state index contributed by atoms with van der Waals surface area (Å²) in [5, 5.41) is 11.7. The van der Waals surface area contributed by atoms with Crippen LogP contribution in [0.4, 0.5) is 5.88 Å². The smallest absolute Gasteiger partial charge is 0.371 e. The number of aromatic nitrogens is 1. The van der Waals surface area contributed by atoms with Crippen LogP contribution in [0.5, 0.6) is 0 Å². The standard InChI is InChI=1S/C12H12N2O3/c1-8-6-13-5-4-9(8)7-14-11-3-2-10(17-11)12(15)16/h2-6,14H,7H2,1H3,(H,15,16). The van der Waals surface area contributed by atoms with Crippen LogP contribution in [0, 0.1) is 6.92 Å². The summed E-state index contributed by atoms with van der Waals surface area (Å²) in [5.74, 6) is -0.698. The quantitative estimate of drug-likeness (QED) is 0.845. The Labute approximate surface area is 98.1 Å². The number of carboxylic acid groups (broad SMARTS) is 1. The predicted molar refractivity (Wildman–Crippen MR) is 62.0 cm³/mol. The van der Waals surface area contributed by atoms with Crippen LogP contribution in [0.3, 0.4) is 0 Å². The molecule has 2 N–H and O–H groups in total. The topological polar surface area (TPSA) is 75.4 Å². The zero-order valence-electron chi connectivity index (χ0n) is 9.30. The van der Waals surface area contributed by atoms with E-state index >= 15 is 0 Å². The molecule has 88 valence electrons. The number of carbonyl (C=O) groups is 1. The summed E-state index contributed by atoms with van der Waals surface area (Å²) < 4.78 is 5.08. The van der Waals surface area contributed by atoms with Crippen LogP contribution < -0.4 is 5.32 Å². The maximum absolute atomic E-state index is 10.6. The number of anilines is 1. The van der Waals surface area contributed by atoms with Crippen LogP contribution in [0.15, 0.2) is 35.0 Å². The molecule has 17 heavy (non-hydrogen) atoms. The number of aromatic carboxylic acids is 1. The monoisotopic (exact) mass is 232 g/mol. The minimum atomic E-state index is -1.07. The van der Waals surface area contributed by atoms with Crippen LogP contribution in [0.1, 0.15) is 21.7 Å². The molecule has 0 atom stereocenters. The molecule has 0 radical (unpaired) electrons. The molecule has 0 aliphatic heterocycles. The maximum atomic E-state index is 10.6. The number of rotatable bonds is 4. The van der Waals surface area contributed by atoms with E-state index in [1.807, 2.05) is 13.0 Å². The van der Waals surface area contributed by atoms with Crippen LogP contribution in [0.25, 0.3) is 0 Å². The molecule has 0 aliphatic carbocycles. The van der Waals surface area contributed by atoms with Crippen LogP contribution in [0.2, 0.25) is 0 Å². The molecule has 0 spiro atoms. The molecule has 2 aromatic rings. The van der Waals surface area contributed by atoms with Crippen molar-refractivity contribution in [3.8, 4) is 0 Å². The largest absolute Gasteiger partial charge is 0.475 e. The fraction of sp³-hybridized carbons (Fsp3) is 0.167. The SMILES string of the molecule is Cc1cnccc1CNc1ccc(C(=O)O)o1. The Hall–Kier alpha value is -2.30. The average molecular weight is 232 g/mol. The van der Waals surface area contributed by atoms with Crippen molar-refractivity contribution in [2.45, 2.75) is 13.5 Å². The Morgan fingerprint density at radius 1 is 1.47 bits per heavy atom. The Morgan fingerprint density at radius 2 is 2.29 bits per heavy atom. The molecule has 0 aliphatic rings. The first-order chi connectivity index (χ1) is 8.16. The average Bonchev–Trinajstić information content (AvgIpc) is 2.77. The van der Waals surface area contributed by atoms with Crippen molar-refractivity contribution in [1.82, 2.24) is 4.98 Å². The number of aryl methyl sites for hydroxylation is 1. The molecular formula is C12H12N2O3. The van der Waals surface area contributed by atoms with Gasteiger partial charge in [-0.05, 0) is 30.2 Å². The highest BCUT2D eigenvalue weighted by atomic mass is 16.4. The molecule has 2 rings (SSSR count). The lowest BCUT2D eigenvalue weighted by Gasteiger charge is -2.05. The Balaban J connectivity index is 2.02. The summed E-state index contributed by atoms with van der Waals surface area (Å²) in [6.45, 7) is 2.54. The molecule has 2 aromatic heterocycles. The highest BCUT2D eigenvalue weighted by Gasteiger charge is 2.08. The van der Waals surface area contributed by atoms with Gasteiger partial charge >= 0.3 is 5.97 Å². The van der Waals surface area contributed by atoms with E-state index in [4.69, 9.17) is 9.52 Å². The summed E-state index contributed by atoms with van der Waals surface area (Å²) in [4.78, 5) is 14.6. The number of hydrogen-bond donors (Lipinski definition) is 2. The van der Waals surface area contributed by atoms with Crippen molar-refractivity contribution in [2.75, 3.05) is 5.32 Å². The first kappa shape index (κ1) is 11.2. The van der Waals surface area contributed by atoms with Crippen molar-refractivity contribution < 1.29 is 14.3 Å². The van der Waals surface area contributed by atoms with Crippen molar-refractivity contribution in [2.24, 2.45) is 0 Å². The highest BCUT2D eigenvalue weighted by Crippen LogP contribution is 2.15. The van der Waals surface area contributed by atoms with Crippen molar-refractivity contribution in [1.29, 1.82) is 0 Å². The predicted octanol–water partition coefficient (Wildman–Crippen LogP) is 2.29. The first-order valence-corrected chi connectivity index (χ1v) is 5.13. The molecule has 0 amide bonds. The molecule has 0 bridgehead atoms. The zero-order chi connectivity index (χ0) is 12.3. The number of nitrogens with one attached hydrogen (secondary N) is 1. The van der Waals surface area contributed by atoms with E-state index in [0.717, 1.165) is 11.1 Å². The van der Waals surface area contributed by atoms with E-state index in [-0.39, 0.29) is 5.76 Å². The highest BCUT2D eigenvalue weighted by molar-refractivity contribution is 5.84. The Morgan fingerprint density at radius 3 is 2.94 bits per heavy atom. The molecule has 0 unspecified atom stereocenters. The minimum Gasteiger partial charge on any atom is -0.475 e. The number of furan rings is 1. The van der Waals surface area contributed by atoms with Gasteiger partial charge in [-0.15, -0.1) is 0 Å². The molecule has 0 aromatic carbocycles. The van der Waals surface area contributed by atoms with E-state index in [9.17, 15) is 4.79 Å². The Kier molecular flexibility index (Phi) is 3.09. The zero-order valence-corrected chi connectivity index (χ0v) is 9.30. The number of pyridine rings is 1. The van der Waals surface area contributed by atoms with Gasteiger partial charge in [-0.25, -0.2) is 4.79 Å². The van der Waals surface area contributed by atoms with Gasteiger partial charge in [0.25, 0.3) is 0 Å². The van der Waals surface area contributed by atoms with Crippen LogP contribution in [-0.2, 0) is 6.54 Å². The van der Waals surface area contributed by atoms with E-state index in [2.05, 4.69) is 10.3 Å². The second-order valence-corrected chi connectivity index (χ2v) is 3.62. The summed E-state index contributed by atoms with van der Waals surface area (Å²) in [7, 11) is 0. The molecule has 5 nitrogen and oxygen atoms in total. The number of hydrogen-bond acceptors (Lipinski definition) is 4. The lowest BCUT2D eigenvalue weighted by atomic mass is 10.1. The summed E-state index contributed by atoms with van der Waals surface area (Å²) in [6, 6.07) is 4.92. The molecule has 0 saturated heterocycles. The third kappa shape index (κ3) is 2.63. The van der Waals surface area contributed by atoms with Gasteiger partial charge in [0.2, 0.25) is 5.76 Å². The van der Waals surface area contributed by atoms with Gasteiger partial charge in [-0.1, -0.05) is 0 Å². The first-order valence-electron chi connectivity index (χ1n) is 5.13. The van der Waals surface area contributed by atoms with Gasteiger partial charge in [0, 0.05) is 25.0 Å². The van der Waals surface area contributed by atoms with Gasteiger partial charge < -0.3 is 14.8 Å². The van der Waals surface area contributed by atoms with Crippen LogP contribution >= 0.6 is 0 Å². The van der Waals surface area contributed by atoms with E-state index < -0.39 is 5.97 Å². The second kappa shape index (κ2) is 4.69. The molecular weight excluding hydrogens is 220 g/mol. The number of nitrogens with zero attached hydrogens (tertiary/aromatic N) is 1. The van der Waals surface area contributed by atoms with E-state index in [1.54, 1.807) is 18.5 Å². The van der Waals surface area contributed by atoms with Crippen molar-refractivity contribution in [3.05, 3.63) is 47.5 Å². The fourth-order valence-corrected chi connectivity index (χ4v) is 1.43. The molecule has 5 heteroatoms. The van der Waals surface area contributed by atoms with Crippen molar-refractivity contribution >= 4 is 11.9 Å². The summed E-state index contributed by atoms with van der Waals surface area (Å²) >= 11 is 0. The minimum absolute atomic E-state index is 0.0704. The summed E-state index contributed by atoms with van der Waals surface area (Å²) in [5.41, 5.74) is 2.17. The maximum Gasteiger partial charge on any atom is 0.371 e. The normalized spacial score (nSPS) is 10.2.